The Labute approximate surface area is 84.2 Å². The summed E-state index contributed by atoms with van der Waals surface area (Å²) in [6.45, 7) is 5.61. The van der Waals surface area contributed by atoms with E-state index >= 15 is 0 Å². The molecular weight excluding hydrogens is 174 g/mol. The van der Waals surface area contributed by atoms with E-state index in [1.807, 2.05) is 32.9 Å². The third kappa shape index (κ3) is 2.00. The highest BCUT2D eigenvalue weighted by Gasteiger charge is 2.20. The van der Waals surface area contributed by atoms with Crippen LogP contribution in [0.2, 0.25) is 0 Å². The Balaban J connectivity index is 3.30. The van der Waals surface area contributed by atoms with Crippen LogP contribution in [-0.2, 0) is 5.41 Å². The second-order valence-electron chi connectivity index (χ2n) is 3.99. The minimum absolute atomic E-state index is 0.538. The molecule has 0 fully saturated rings. The van der Waals surface area contributed by atoms with Crippen LogP contribution in [0, 0.1) is 18.3 Å². The summed E-state index contributed by atoms with van der Waals surface area (Å²) in [4.78, 5) is 10.6. The van der Waals surface area contributed by atoms with E-state index in [-0.39, 0.29) is 0 Å². The first-order valence-electron chi connectivity index (χ1n) is 4.48. The van der Waals surface area contributed by atoms with E-state index in [9.17, 15) is 4.79 Å². The number of benzene rings is 1. The summed E-state index contributed by atoms with van der Waals surface area (Å²) < 4.78 is 0. The summed E-state index contributed by atoms with van der Waals surface area (Å²) >= 11 is 0. The van der Waals surface area contributed by atoms with E-state index < -0.39 is 5.41 Å². The van der Waals surface area contributed by atoms with Gasteiger partial charge in [-0.15, -0.1) is 0 Å². The van der Waals surface area contributed by atoms with Crippen LogP contribution in [0.15, 0.2) is 18.2 Å². The van der Waals surface area contributed by atoms with Crippen LogP contribution in [0.1, 0.15) is 35.3 Å². The van der Waals surface area contributed by atoms with Gasteiger partial charge in [0.25, 0.3) is 0 Å². The second-order valence-corrected chi connectivity index (χ2v) is 3.99. The normalized spacial score (nSPS) is 10.7. The van der Waals surface area contributed by atoms with Crippen molar-refractivity contribution in [3.8, 4) is 6.07 Å². The molecule has 72 valence electrons. The van der Waals surface area contributed by atoms with E-state index in [1.165, 1.54) is 0 Å². The highest BCUT2D eigenvalue weighted by molar-refractivity contribution is 5.75. The number of carbonyl (C=O) groups is 1. The van der Waals surface area contributed by atoms with Crippen molar-refractivity contribution >= 4 is 6.29 Å². The Morgan fingerprint density at radius 2 is 2.00 bits per heavy atom. The molecule has 0 saturated carbocycles. The third-order valence-corrected chi connectivity index (χ3v) is 2.24. The van der Waals surface area contributed by atoms with E-state index in [0.717, 1.165) is 17.4 Å². The first-order valence-corrected chi connectivity index (χ1v) is 4.48. The average Bonchev–Trinajstić information content (AvgIpc) is 2.16. The maximum atomic E-state index is 10.6. The van der Waals surface area contributed by atoms with Crippen LogP contribution in [0.4, 0.5) is 0 Å². The van der Waals surface area contributed by atoms with E-state index in [1.54, 1.807) is 6.07 Å². The topological polar surface area (TPSA) is 40.9 Å². The highest BCUT2D eigenvalue weighted by Crippen LogP contribution is 2.23. The van der Waals surface area contributed by atoms with Crippen LogP contribution in [0.5, 0.6) is 0 Å². The fourth-order valence-corrected chi connectivity index (χ4v) is 1.31. The summed E-state index contributed by atoms with van der Waals surface area (Å²) in [7, 11) is 0. The Bertz CT molecular complexity index is 399. The van der Waals surface area contributed by atoms with E-state index in [4.69, 9.17) is 5.26 Å². The van der Waals surface area contributed by atoms with E-state index in [2.05, 4.69) is 6.07 Å². The maximum Gasteiger partial charge on any atom is 0.150 e. The van der Waals surface area contributed by atoms with Crippen molar-refractivity contribution in [1.82, 2.24) is 0 Å². The van der Waals surface area contributed by atoms with Crippen LogP contribution in [-0.4, -0.2) is 6.29 Å². The molecule has 2 nitrogen and oxygen atoms in total. The van der Waals surface area contributed by atoms with Gasteiger partial charge in [0.2, 0.25) is 0 Å². The van der Waals surface area contributed by atoms with Crippen LogP contribution in [0.25, 0.3) is 0 Å². The quantitative estimate of drug-likeness (QED) is 0.668. The molecule has 0 aliphatic carbocycles. The molecule has 0 radical (unpaired) electrons. The molecule has 1 rings (SSSR count). The fraction of sp³-hybridized carbons (Fsp3) is 0.333. The molecule has 0 amide bonds. The summed E-state index contributed by atoms with van der Waals surface area (Å²) in [5, 5.41) is 8.96. The highest BCUT2D eigenvalue weighted by atomic mass is 16.1. The Hall–Kier alpha value is -1.62. The molecule has 0 aliphatic heterocycles. The van der Waals surface area contributed by atoms with Gasteiger partial charge in [0, 0.05) is 5.56 Å². The molecule has 0 aliphatic rings. The Morgan fingerprint density at radius 1 is 1.36 bits per heavy atom. The van der Waals surface area contributed by atoms with Crippen molar-refractivity contribution < 1.29 is 4.79 Å². The zero-order chi connectivity index (χ0) is 10.8. The number of aryl methyl sites for hydroxylation is 1. The van der Waals surface area contributed by atoms with Gasteiger partial charge in [-0.05, 0) is 38.5 Å². The van der Waals surface area contributed by atoms with Crippen molar-refractivity contribution in [3.63, 3.8) is 0 Å². The minimum Gasteiger partial charge on any atom is -0.298 e. The van der Waals surface area contributed by atoms with Gasteiger partial charge >= 0.3 is 0 Å². The molecule has 14 heavy (non-hydrogen) atoms. The van der Waals surface area contributed by atoms with Crippen molar-refractivity contribution in [1.29, 1.82) is 5.26 Å². The van der Waals surface area contributed by atoms with Crippen molar-refractivity contribution in [2.45, 2.75) is 26.2 Å². The molecule has 2 heteroatoms. The predicted octanol–water partition coefficient (Wildman–Crippen LogP) is 2.61. The molecule has 0 atom stereocenters. The first-order chi connectivity index (χ1) is 6.49. The van der Waals surface area contributed by atoms with E-state index in [0.29, 0.717) is 5.56 Å². The Morgan fingerprint density at radius 3 is 2.50 bits per heavy atom. The molecule has 0 spiro atoms. The Kier molecular flexibility index (Phi) is 2.71. The number of rotatable bonds is 2. The number of aldehydes is 1. The number of hydrogen-bond donors (Lipinski definition) is 0. The molecule has 0 N–H and O–H groups in total. The standard InChI is InChI=1S/C12H13NO/c1-9-4-10(7-14)6-11(5-9)12(2,3)8-13/h4-7H,1-3H3. The summed E-state index contributed by atoms with van der Waals surface area (Å²) in [6, 6.07) is 7.74. The largest absolute Gasteiger partial charge is 0.298 e. The lowest BCUT2D eigenvalue weighted by Gasteiger charge is -2.16. The molecule has 0 bridgehead atoms. The SMILES string of the molecule is Cc1cc(C=O)cc(C(C)(C)C#N)c1. The van der Waals surface area contributed by atoms with Gasteiger partial charge in [-0.3, -0.25) is 4.79 Å². The van der Waals surface area contributed by atoms with Crippen LogP contribution < -0.4 is 0 Å². The fourth-order valence-electron chi connectivity index (χ4n) is 1.31. The van der Waals surface area contributed by atoms with Gasteiger partial charge in [-0.25, -0.2) is 0 Å². The third-order valence-electron chi connectivity index (χ3n) is 2.24. The average molecular weight is 187 g/mol. The number of carbonyl (C=O) groups excluding carboxylic acids is 1. The summed E-state index contributed by atoms with van der Waals surface area (Å²) in [5.74, 6) is 0. The number of nitrogens with zero attached hydrogens (tertiary/aromatic N) is 1. The smallest absolute Gasteiger partial charge is 0.150 e. The molecular formula is C12H13NO. The molecule has 0 unspecified atom stereocenters. The van der Waals surface area contributed by atoms with Gasteiger partial charge in [0.1, 0.15) is 6.29 Å². The zero-order valence-electron chi connectivity index (χ0n) is 8.66. The molecule has 0 heterocycles. The summed E-state index contributed by atoms with van der Waals surface area (Å²) in [5.41, 5.74) is 1.99. The predicted molar refractivity (Wildman–Crippen MR) is 55.2 cm³/mol. The first kappa shape index (κ1) is 10.5. The minimum atomic E-state index is -0.538. The monoisotopic (exact) mass is 187 g/mol. The van der Waals surface area contributed by atoms with Gasteiger partial charge in [0.05, 0.1) is 11.5 Å². The van der Waals surface area contributed by atoms with Crippen molar-refractivity contribution in [2.24, 2.45) is 0 Å². The second kappa shape index (κ2) is 3.63. The molecule has 0 aromatic heterocycles. The van der Waals surface area contributed by atoms with Crippen molar-refractivity contribution in [3.05, 3.63) is 34.9 Å². The van der Waals surface area contributed by atoms with Gasteiger partial charge < -0.3 is 0 Å². The number of hydrogen-bond acceptors (Lipinski definition) is 2. The lowest BCUT2D eigenvalue weighted by atomic mass is 9.85. The molecule has 1 aromatic carbocycles. The van der Waals surface area contributed by atoms with Crippen LogP contribution in [0.3, 0.4) is 0 Å². The van der Waals surface area contributed by atoms with Gasteiger partial charge in [0.15, 0.2) is 0 Å². The lowest BCUT2D eigenvalue weighted by Crippen LogP contribution is -2.14. The maximum absolute atomic E-state index is 10.6. The van der Waals surface area contributed by atoms with Gasteiger partial charge in [-0.2, -0.15) is 5.26 Å². The van der Waals surface area contributed by atoms with Crippen LogP contribution >= 0.6 is 0 Å². The molecule has 0 saturated heterocycles. The molecule has 1 aromatic rings. The zero-order valence-corrected chi connectivity index (χ0v) is 8.66. The van der Waals surface area contributed by atoms with Crippen molar-refractivity contribution in [2.75, 3.05) is 0 Å². The van der Waals surface area contributed by atoms with Gasteiger partial charge in [-0.1, -0.05) is 11.6 Å². The summed E-state index contributed by atoms with van der Waals surface area (Å²) in [6.07, 6.45) is 0.809. The number of nitriles is 1. The lowest BCUT2D eigenvalue weighted by molar-refractivity contribution is 0.112.